The quantitative estimate of drug-likeness (QED) is 0.910. The first kappa shape index (κ1) is 12.9. The zero-order chi connectivity index (χ0) is 14.1. The van der Waals surface area contributed by atoms with Gasteiger partial charge in [-0.1, -0.05) is 25.1 Å². The number of fused-ring (bicyclic) bond motifs is 1. The Kier molecular flexibility index (Phi) is 3.30. The molecule has 4 nitrogen and oxygen atoms in total. The summed E-state index contributed by atoms with van der Waals surface area (Å²) in [5, 5.41) is 10.3. The van der Waals surface area contributed by atoms with Crippen molar-refractivity contribution < 1.29 is 9.90 Å². The van der Waals surface area contributed by atoms with Crippen LogP contribution in [0.3, 0.4) is 0 Å². The molecule has 1 aromatic heterocycles. The SMILES string of the molecule is CC1CCN(c2cc(C(=O)O)nc3ccccc23)CC1. The van der Waals surface area contributed by atoms with Crippen molar-refractivity contribution in [3.05, 3.63) is 36.0 Å². The van der Waals surface area contributed by atoms with E-state index < -0.39 is 5.97 Å². The van der Waals surface area contributed by atoms with Gasteiger partial charge in [0.1, 0.15) is 0 Å². The first-order valence-electron chi connectivity index (χ1n) is 7.03. The Morgan fingerprint density at radius 3 is 2.70 bits per heavy atom. The number of aromatic nitrogens is 1. The van der Waals surface area contributed by atoms with Gasteiger partial charge in [0.15, 0.2) is 5.69 Å². The molecule has 1 N–H and O–H groups in total. The van der Waals surface area contributed by atoms with Crippen molar-refractivity contribution in [1.29, 1.82) is 0 Å². The molecule has 0 aliphatic carbocycles. The van der Waals surface area contributed by atoms with E-state index in [9.17, 15) is 9.90 Å². The normalized spacial score (nSPS) is 16.6. The van der Waals surface area contributed by atoms with Gasteiger partial charge in [-0.2, -0.15) is 0 Å². The third-order valence-corrected chi connectivity index (χ3v) is 4.04. The van der Waals surface area contributed by atoms with Gasteiger partial charge >= 0.3 is 5.97 Å². The number of hydrogen-bond donors (Lipinski definition) is 1. The second-order valence-electron chi connectivity index (χ2n) is 5.52. The van der Waals surface area contributed by atoms with E-state index >= 15 is 0 Å². The zero-order valence-corrected chi connectivity index (χ0v) is 11.5. The minimum atomic E-state index is -0.970. The van der Waals surface area contributed by atoms with Crippen LogP contribution in [0.5, 0.6) is 0 Å². The molecule has 0 spiro atoms. The van der Waals surface area contributed by atoms with Crippen molar-refractivity contribution in [3.8, 4) is 0 Å². The molecule has 1 aliphatic rings. The van der Waals surface area contributed by atoms with Crippen LogP contribution in [-0.4, -0.2) is 29.1 Å². The monoisotopic (exact) mass is 270 g/mol. The lowest BCUT2D eigenvalue weighted by Crippen LogP contribution is -2.33. The van der Waals surface area contributed by atoms with Gasteiger partial charge in [0.25, 0.3) is 0 Å². The molecule has 0 unspecified atom stereocenters. The fraction of sp³-hybridized carbons (Fsp3) is 0.375. The summed E-state index contributed by atoms with van der Waals surface area (Å²) < 4.78 is 0. The van der Waals surface area contributed by atoms with Gasteiger partial charge in [0.2, 0.25) is 0 Å². The smallest absolute Gasteiger partial charge is 0.354 e. The Morgan fingerprint density at radius 1 is 1.30 bits per heavy atom. The number of benzene rings is 1. The molecule has 2 heterocycles. The zero-order valence-electron chi connectivity index (χ0n) is 11.5. The van der Waals surface area contributed by atoms with Crippen LogP contribution in [-0.2, 0) is 0 Å². The van der Waals surface area contributed by atoms with Crippen molar-refractivity contribution in [3.63, 3.8) is 0 Å². The van der Waals surface area contributed by atoms with Crippen molar-refractivity contribution in [2.24, 2.45) is 5.92 Å². The average molecular weight is 270 g/mol. The van der Waals surface area contributed by atoms with Gasteiger partial charge in [0, 0.05) is 24.2 Å². The van der Waals surface area contributed by atoms with E-state index in [0.717, 1.165) is 48.4 Å². The summed E-state index contributed by atoms with van der Waals surface area (Å²) in [5.74, 6) is -0.222. The van der Waals surface area contributed by atoms with Gasteiger partial charge in [-0.05, 0) is 30.9 Å². The summed E-state index contributed by atoms with van der Waals surface area (Å²) >= 11 is 0. The topological polar surface area (TPSA) is 53.4 Å². The molecule has 104 valence electrons. The lowest BCUT2D eigenvalue weighted by atomic mass is 9.98. The average Bonchev–Trinajstić information content (AvgIpc) is 2.47. The minimum absolute atomic E-state index is 0.123. The second-order valence-corrected chi connectivity index (χ2v) is 5.52. The molecule has 0 amide bonds. The Morgan fingerprint density at radius 2 is 2.00 bits per heavy atom. The van der Waals surface area contributed by atoms with Gasteiger partial charge in [-0.3, -0.25) is 0 Å². The standard InChI is InChI=1S/C16H18N2O2/c1-11-6-8-18(9-7-11)15-10-14(16(19)20)17-13-5-3-2-4-12(13)15/h2-5,10-11H,6-9H2,1H3,(H,19,20). The van der Waals surface area contributed by atoms with E-state index in [-0.39, 0.29) is 5.69 Å². The van der Waals surface area contributed by atoms with E-state index in [1.54, 1.807) is 6.07 Å². The third-order valence-electron chi connectivity index (χ3n) is 4.04. The van der Waals surface area contributed by atoms with Crippen molar-refractivity contribution in [2.75, 3.05) is 18.0 Å². The highest BCUT2D eigenvalue weighted by Gasteiger charge is 2.20. The number of aromatic carboxylic acids is 1. The number of piperidine rings is 1. The number of pyridine rings is 1. The molecule has 1 aliphatic heterocycles. The maximum atomic E-state index is 11.3. The Bertz CT molecular complexity index is 646. The van der Waals surface area contributed by atoms with E-state index in [1.165, 1.54) is 0 Å². The molecule has 3 rings (SSSR count). The van der Waals surface area contributed by atoms with E-state index in [0.29, 0.717) is 0 Å². The molecule has 1 saturated heterocycles. The summed E-state index contributed by atoms with van der Waals surface area (Å²) in [6.45, 7) is 4.23. The number of carbonyl (C=O) groups is 1. The summed E-state index contributed by atoms with van der Waals surface area (Å²) in [6.07, 6.45) is 2.30. The minimum Gasteiger partial charge on any atom is -0.477 e. The van der Waals surface area contributed by atoms with Gasteiger partial charge in [0.05, 0.1) is 5.52 Å². The lowest BCUT2D eigenvalue weighted by molar-refractivity contribution is 0.0691. The fourth-order valence-corrected chi connectivity index (χ4v) is 2.78. The van der Waals surface area contributed by atoms with Gasteiger partial charge in [-0.15, -0.1) is 0 Å². The van der Waals surface area contributed by atoms with Crippen LogP contribution in [0.25, 0.3) is 10.9 Å². The molecule has 0 bridgehead atoms. The molecular formula is C16H18N2O2. The number of nitrogens with zero attached hydrogens (tertiary/aromatic N) is 2. The van der Waals surface area contributed by atoms with Crippen LogP contribution in [0.2, 0.25) is 0 Å². The Hall–Kier alpha value is -2.10. The predicted molar refractivity (Wildman–Crippen MR) is 79.3 cm³/mol. The highest BCUT2D eigenvalue weighted by Crippen LogP contribution is 2.30. The number of anilines is 1. The molecule has 1 fully saturated rings. The number of rotatable bonds is 2. The summed E-state index contributed by atoms with van der Waals surface area (Å²) in [4.78, 5) is 17.8. The van der Waals surface area contributed by atoms with E-state index in [1.807, 2.05) is 24.3 Å². The molecule has 20 heavy (non-hydrogen) atoms. The molecule has 1 aromatic carbocycles. The van der Waals surface area contributed by atoms with Crippen LogP contribution in [0.1, 0.15) is 30.3 Å². The number of para-hydroxylation sites is 1. The second kappa shape index (κ2) is 5.12. The first-order valence-corrected chi connectivity index (χ1v) is 7.03. The van der Waals surface area contributed by atoms with E-state index in [4.69, 9.17) is 0 Å². The van der Waals surface area contributed by atoms with Crippen molar-refractivity contribution in [2.45, 2.75) is 19.8 Å². The highest BCUT2D eigenvalue weighted by molar-refractivity contribution is 5.97. The molecule has 0 atom stereocenters. The number of carboxylic acids is 1. The molecule has 0 saturated carbocycles. The van der Waals surface area contributed by atoms with Crippen LogP contribution in [0.4, 0.5) is 5.69 Å². The summed E-state index contributed by atoms with van der Waals surface area (Å²) in [6, 6.07) is 9.46. The first-order chi connectivity index (χ1) is 9.65. The highest BCUT2D eigenvalue weighted by atomic mass is 16.4. The number of hydrogen-bond acceptors (Lipinski definition) is 3. The van der Waals surface area contributed by atoms with E-state index in [2.05, 4.69) is 16.8 Å². The van der Waals surface area contributed by atoms with Gasteiger partial charge in [-0.25, -0.2) is 9.78 Å². The maximum absolute atomic E-state index is 11.3. The van der Waals surface area contributed by atoms with Crippen molar-refractivity contribution >= 4 is 22.6 Å². The van der Waals surface area contributed by atoms with Gasteiger partial charge < -0.3 is 10.0 Å². The largest absolute Gasteiger partial charge is 0.477 e. The molecule has 2 aromatic rings. The predicted octanol–water partition coefficient (Wildman–Crippen LogP) is 3.17. The van der Waals surface area contributed by atoms with Crippen LogP contribution in [0.15, 0.2) is 30.3 Å². The van der Waals surface area contributed by atoms with Crippen LogP contribution in [0, 0.1) is 5.92 Å². The molecule has 4 heteroatoms. The lowest BCUT2D eigenvalue weighted by Gasteiger charge is -2.33. The molecule has 0 radical (unpaired) electrons. The maximum Gasteiger partial charge on any atom is 0.354 e. The van der Waals surface area contributed by atoms with Crippen molar-refractivity contribution in [1.82, 2.24) is 4.98 Å². The van der Waals surface area contributed by atoms with Crippen LogP contribution >= 0.6 is 0 Å². The Balaban J connectivity index is 2.10. The number of carboxylic acid groups (broad SMARTS) is 1. The Labute approximate surface area is 118 Å². The summed E-state index contributed by atoms with van der Waals surface area (Å²) in [5.41, 5.74) is 1.87. The van der Waals surface area contributed by atoms with Crippen LogP contribution < -0.4 is 4.90 Å². The molecular weight excluding hydrogens is 252 g/mol. The fourth-order valence-electron chi connectivity index (χ4n) is 2.78. The third kappa shape index (κ3) is 2.33. The summed E-state index contributed by atoms with van der Waals surface area (Å²) in [7, 11) is 0.